The van der Waals surface area contributed by atoms with Gasteiger partial charge in [-0.3, -0.25) is 10.2 Å². The van der Waals surface area contributed by atoms with Gasteiger partial charge in [0, 0.05) is 11.6 Å². The molecule has 2 aromatic carbocycles. The van der Waals surface area contributed by atoms with Crippen LogP contribution in [-0.4, -0.2) is 12.4 Å². The molecule has 2 aromatic rings. The minimum absolute atomic E-state index is 0.159. The van der Waals surface area contributed by atoms with E-state index in [1.54, 1.807) is 0 Å². The molecule has 0 fully saturated rings. The van der Waals surface area contributed by atoms with Crippen LogP contribution in [0, 0.1) is 0 Å². The maximum Gasteiger partial charge on any atom is 0.322 e. The highest BCUT2D eigenvalue weighted by Gasteiger charge is 2.33. The van der Waals surface area contributed by atoms with E-state index in [0.29, 0.717) is 6.61 Å². The van der Waals surface area contributed by atoms with Crippen LogP contribution in [0.3, 0.4) is 0 Å². The summed E-state index contributed by atoms with van der Waals surface area (Å²) < 4.78 is 5.91. The number of amides is 2. The quantitative estimate of drug-likeness (QED) is 0.892. The average molecular weight is 323 g/mol. The highest BCUT2D eigenvalue weighted by molar-refractivity contribution is 5.92. The Hall–Kier alpha value is -2.37. The SMILES string of the molecule is NC(=O)N1c2ccccc2COC1N[C@@H]1CCCc2ccccc21. The topological polar surface area (TPSA) is 67.6 Å². The number of nitrogens with two attached hydrogens (primary N) is 1. The van der Waals surface area contributed by atoms with Crippen LogP contribution in [-0.2, 0) is 17.8 Å². The number of fused-ring (bicyclic) bond motifs is 2. The minimum Gasteiger partial charge on any atom is -0.351 e. The van der Waals surface area contributed by atoms with Gasteiger partial charge in [-0.2, -0.15) is 0 Å². The number of carbonyl (C=O) groups is 1. The molecule has 2 atom stereocenters. The molecule has 4 rings (SSSR count). The third-order valence-corrected chi connectivity index (χ3v) is 4.83. The average Bonchev–Trinajstić information content (AvgIpc) is 2.61. The lowest BCUT2D eigenvalue weighted by Gasteiger charge is -2.39. The lowest BCUT2D eigenvalue weighted by atomic mass is 9.88. The second-order valence-corrected chi connectivity index (χ2v) is 6.31. The van der Waals surface area contributed by atoms with Crippen LogP contribution in [0.4, 0.5) is 10.5 Å². The van der Waals surface area contributed by atoms with Crippen LogP contribution in [0.5, 0.6) is 0 Å². The molecule has 3 N–H and O–H groups in total. The largest absolute Gasteiger partial charge is 0.351 e. The molecule has 1 heterocycles. The number of anilines is 1. The van der Waals surface area contributed by atoms with Crippen LogP contribution in [0.1, 0.15) is 35.6 Å². The Bertz CT molecular complexity index is 762. The second-order valence-electron chi connectivity index (χ2n) is 6.31. The fraction of sp³-hybridized carbons (Fsp3) is 0.316. The van der Waals surface area contributed by atoms with Gasteiger partial charge in [0.2, 0.25) is 0 Å². The van der Waals surface area contributed by atoms with E-state index in [4.69, 9.17) is 10.5 Å². The Labute approximate surface area is 141 Å². The van der Waals surface area contributed by atoms with E-state index >= 15 is 0 Å². The van der Waals surface area contributed by atoms with Crippen molar-refractivity contribution in [2.24, 2.45) is 5.73 Å². The Morgan fingerprint density at radius 3 is 2.71 bits per heavy atom. The molecular weight excluding hydrogens is 302 g/mol. The number of nitrogens with zero attached hydrogens (tertiary/aromatic N) is 1. The number of carbonyl (C=O) groups excluding carboxylic acids is 1. The predicted octanol–water partition coefficient (Wildman–Crippen LogP) is 3.05. The summed E-state index contributed by atoms with van der Waals surface area (Å²) in [5.41, 5.74) is 10.1. The molecule has 124 valence electrons. The van der Waals surface area contributed by atoms with Crippen molar-refractivity contribution in [2.45, 2.75) is 38.3 Å². The van der Waals surface area contributed by atoms with Crippen molar-refractivity contribution in [3.05, 3.63) is 65.2 Å². The summed E-state index contributed by atoms with van der Waals surface area (Å²) in [5, 5.41) is 3.49. The van der Waals surface area contributed by atoms with E-state index in [9.17, 15) is 4.79 Å². The smallest absolute Gasteiger partial charge is 0.322 e. The number of ether oxygens (including phenoxy) is 1. The number of benzene rings is 2. The van der Waals surface area contributed by atoms with Gasteiger partial charge in [0.25, 0.3) is 0 Å². The van der Waals surface area contributed by atoms with Crippen LogP contribution in [0.15, 0.2) is 48.5 Å². The first-order chi connectivity index (χ1) is 11.7. The normalized spacial score (nSPS) is 22.6. The maximum atomic E-state index is 12.0. The maximum absolute atomic E-state index is 12.0. The highest BCUT2D eigenvalue weighted by atomic mass is 16.5. The number of nitrogens with one attached hydrogen (secondary N) is 1. The molecule has 5 nitrogen and oxygen atoms in total. The van der Waals surface area contributed by atoms with E-state index in [-0.39, 0.29) is 6.04 Å². The fourth-order valence-corrected chi connectivity index (χ4v) is 3.69. The van der Waals surface area contributed by atoms with Gasteiger partial charge in [-0.1, -0.05) is 42.5 Å². The molecule has 24 heavy (non-hydrogen) atoms. The number of hydrogen-bond donors (Lipinski definition) is 2. The number of para-hydroxylation sites is 1. The summed E-state index contributed by atoms with van der Waals surface area (Å²) in [4.78, 5) is 13.6. The van der Waals surface area contributed by atoms with Crippen LogP contribution >= 0.6 is 0 Å². The van der Waals surface area contributed by atoms with E-state index in [1.807, 2.05) is 24.3 Å². The van der Waals surface area contributed by atoms with E-state index in [2.05, 4.69) is 29.6 Å². The van der Waals surface area contributed by atoms with Gasteiger partial charge >= 0.3 is 6.03 Å². The number of aryl methyl sites for hydroxylation is 1. The monoisotopic (exact) mass is 323 g/mol. The van der Waals surface area contributed by atoms with Gasteiger partial charge in [-0.15, -0.1) is 0 Å². The molecule has 2 amide bonds. The molecule has 1 unspecified atom stereocenters. The third kappa shape index (κ3) is 2.66. The number of hydrogen-bond acceptors (Lipinski definition) is 3. The lowest BCUT2D eigenvalue weighted by Crippen LogP contribution is -2.55. The summed E-state index contributed by atoms with van der Waals surface area (Å²) in [5.74, 6) is 0. The number of rotatable bonds is 2. The molecule has 0 spiro atoms. The first kappa shape index (κ1) is 15.2. The second kappa shape index (κ2) is 6.26. The molecule has 0 radical (unpaired) electrons. The van der Waals surface area contributed by atoms with Crippen molar-refractivity contribution in [3.63, 3.8) is 0 Å². The van der Waals surface area contributed by atoms with Crippen LogP contribution in [0.25, 0.3) is 0 Å². The molecule has 0 bridgehead atoms. The van der Waals surface area contributed by atoms with Gasteiger partial charge in [0.05, 0.1) is 12.3 Å². The van der Waals surface area contributed by atoms with Gasteiger partial charge in [-0.25, -0.2) is 4.79 Å². The Balaban J connectivity index is 1.62. The zero-order chi connectivity index (χ0) is 16.5. The van der Waals surface area contributed by atoms with Gasteiger partial charge in [0.15, 0.2) is 6.35 Å². The number of primary amides is 1. The molecule has 0 saturated heterocycles. The lowest BCUT2D eigenvalue weighted by molar-refractivity contribution is 0.00268. The minimum atomic E-state index is -0.548. The van der Waals surface area contributed by atoms with E-state index < -0.39 is 12.4 Å². The first-order valence-electron chi connectivity index (χ1n) is 8.36. The van der Waals surface area contributed by atoms with E-state index in [1.165, 1.54) is 16.0 Å². The van der Waals surface area contributed by atoms with Gasteiger partial charge in [0.1, 0.15) is 0 Å². The summed E-state index contributed by atoms with van der Waals surface area (Å²) >= 11 is 0. The zero-order valence-corrected chi connectivity index (χ0v) is 13.4. The molecule has 2 aliphatic rings. The summed E-state index contributed by atoms with van der Waals surface area (Å²) in [6.45, 7) is 0.464. The van der Waals surface area contributed by atoms with Crippen molar-refractivity contribution < 1.29 is 9.53 Å². The van der Waals surface area contributed by atoms with Crippen LogP contribution < -0.4 is 16.0 Å². The molecule has 0 aromatic heterocycles. The molecule has 5 heteroatoms. The standard InChI is InChI=1S/C19H21N3O2/c20-18(23)22-17-11-4-2-7-14(17)12-24-19(22)21-16-10-5-8-13-6-1-3-9-15(13)16/h1-4,6-7,9,11,16,19,21H,5,8,10,12H2,(H2,20,23)/t16-,19?/m1/s1. The van der Waals surface area contributed by atoms with E-state index in [0.717, 1.165) is 30.5 Å². The Morgan fingerprint density at radius 1 is 1.12 bits per heavy atom. The molecule has 1 aliphatic heterocycles. The molecule has 1 aliphatic carbocycles. The molecule has 0 saturated carbocycles. The van der Waals surface area contributed by atoms with Crippen molar-refractivity contribution in [3.8, 4) is 0 Å². The van der Waals surface area contributed by atoms with Gasteiger partial charge < -0.3 is 10.5 Å². The first-order valence-corrected chi connectivity index (χ1v) is 8.36. The summed E-state index contributed by atoms with van der Waals surface area (Å²) in [7, 11) is 0. The van der Waals surface area contributed by atoms with Crippen LogP contribution in [0.2, 0.25) is 0 Å². The summed E-state index contributed by atoms with van der Waals surface area (Å²) in [6.07, 6.45) is 2.69. The third-order valence-electron chi connectivity index (χ3n) is 4.83. The molecular formula is C19H21N3O2. The predicted molar refractivity (Wildman–Crippen MR) is 92.3 cm³/mol. The number of urea groups is 1. The Kier molecular flexibility index (Phi) is 3.96. The summed E-state index contributed by atoms with van der Waals surface area (Å²) in [6, 6.07) is 15.8. The Morgan fingerprint density at radius 2 is 1.88 bits per heavy atom. The zero-order valence-electron chi connectivity index (χ0n) is 13.4. The van der Waals surface area contributed by atoms with Crippen molar-refractivity contribution in [2.75, 3.05) is 4.90 Å². The van der Waals surface area contributed by atoms with Crippen molar-refractivity contribution >= 4 is 11.7 Å². The van der Waals surface area contributed by atoms with Crippen molar-refractivity contribution in [1.29, 1.82) is 0 Å². The highest BCUT2D eigenvalue weighted by Crippen LogP contribution is 2.33. The van der Waals surface area contributed by atoms with Crippen molar-refractivity contribution in [1.82, 2.24) is 5.32 Å². The fourth-order valence-electron chi connectivity index (χ4n) is 3.69. The van der Waals surface area contributed by atoms with Gasteiger partial charge in [-0.05, 0) is 36.5 Å².